The van der Waals surface area contributed by atoms with Crippen LogP contribution in [0.2, 0.25) is 0 Å². The van der Waals surface area contributed by atoms with Crippen molar-refractivity contribution in [2.24, 2.45) is 0 Å². The van der Waals surface area contributed by atoms with Crippen LogP contribution in [0.15, 0.2) is 39.5 Å². The summed E-state index contributed by atoms with van der Waals surface area (Å²) in [5, 5.41) is 93.6. The summed E-state index contributed by atoms with van der Waals surface area (Å²) < 4.78 is 38.6. The fraction of sp³-hybridized carbons (Fsp3) is 0.452. The van der Waals surface area contributed by atoms with Crippen LogP contribution < -0.4 is 10.2 Å². The van der Waals surface area contributed by atoms with Crippen molar-refractivity contribution in [1.29, 1.82) is 0 Å². The molecule has 0 bridgehead atoms. The minimum absolute atomic E-state index is 0.0861. The molecule has 2 aliphatic heterocycles. The molecule has 0 unspecified atom stereocenters. The molecule has 2 aliphatic rings. The minimum Gasteiger partial charge on any atom is -0.507 e. The predicted octanol–water partition coefficient (Wildman–Crippen LogP) is -1.57. The van der Waals surface area contributed by atoms with Crippen molar-refractivity contribution in [1.82, 2.24) is 0 Å². The van der Waals surface area contributed by atoms with Crippen LogP contribution >= 0.6 is 0 Å². The van der Waals surface area contributed by atoms with E-state index >= 15 is 0 Å². The molecule has 272 valence electrons. The summed E-state index contributed by atoms with van der Waals surface area (Å²) in [6, 6.07) is 5.22. The van der Waals surface area contributed by atoms with E-state index in [-0.39, 0.29) is 11.3 Å². The van der Waals surface area contributed by atoms with Gasteiger partial charge in [0.25, 0.3) is 0 Å². The number of hydrogen-bond donors (Lipinski definition) is 9. The number of carbonyl (C=O) groups is 2. The van der Waals surface area contributed by atoms with E-state index in [0.717, 1.165) is 38.1 Å². The maximum absolute atomic E-state index is 13.0. The number of esters is 2. The zero-order valence-corrected chi connectivity index (χ0v) is 26.2. The zero-order chi connectivity index (χ0) is 36.6. The fourth-order valence-corrected chi connectivity index (χ4v) is 5.44. The lowest BCUT2D eigenvalue weighted by Gasteiger charge is -2.46. The number of aromatic hydroxyl groups is 4. The van der Waals surface area contributed by atoms with E-state index in [2.05, 4.69) is 0 Å². The second-order valence-corrected chi connectivity index (χ2v) is 11.5. The first-order chi connectivity index (χ1) is 23.6. The van der Waals surface area contributed by atoms with E-state index in [9.17, 15) is 60.3 Å². The second-order valence-electron chi connectivity index (χ2n) is 11.5. The molecule has 0 aliphatic carbocycles. The summed E-state index contributed by atoms with van der Waals surface area (Å²) in [5.41, 5.74) is -1.37. The molecule has 0 saturated carbocycles. The Labute approximate surface area is 280 Å². The van der Waals surface area contributed by atoms with Crippen LogP contribution in [0.1, 0.15) is 13.8 Å². The highest BCUT2D eigenvalue weighted by Gasteiger charge is 2.53. The number of aliphatic hydroxyl groups excluding tert-OH is 5. The third kappa shape index (κ3) is 7.25. The van der Waals surface area contributed by atoms with Crippen molar-refractivity contribution in [3.63, 3.8) is 0 Å². The number of phenols is 4. The van der Waals surface area contributed by atoms with Gasteiger partial charge in [0.1, 0.15) is 60.1 Å². The SMILES string of the molecule is CC(=O)OC[C@H]1O[C@@H](O[C@H]2[C@H](Oc3cc(O)c4c(=O)cc(-c5ccc(O)c(O)c5)oc4c3O)O[C@H](CO)[C@@H](O)[C@@H]2OC(C)=O)[C@@H](O)[C@@H](O)[C@@H]1O. The van der Waals surface area contributed by atoms with Crippen molar-refractivity contribution < 1.29 is 88.4 Å². The lowest BCUT2D eigenvalue weighted by atomic mass is 9.97. The molecule has 5 rings (SSSR count). The largest absolute Gasteiger partial charge is 0.507 e. The molecule has 19 heteroatoms. The van der Waals surface area contributed by atoms with Crippen molar-refractivity contribution in [3.8, 4) is 40.1 Å². The van der Waals surface area contributed by atoms with Crippen molar-refractivity contribution >= 4 is 22.9 Å². The Morgan fingerprint density at radius 3 is 2.12 bits per heavy atom. The van der Waals surface area contributed by atoms with Crippen LogP contribution in [0.5, 0.6) is 28.7 Å². The van der Waals surface area contributed by atoms with E-state index in [1.165, 1.54) is 6.07 Å². The number of rotatable bonds is 9. The topological polar surface area (TPSA) is 302 Å². The molecule has 0 amide bonds. The smallest absolute Gasteiger partial charge is 0.303 e. The van der Waals surface area contributed by atoms with Gasteiger partial charge in [-0.3, -0.25) is 14.4 Å². The van der Waals surface area contributed by atoms with E-state index < -0.39 is 132 Å². The van der Waals surface area contributed by atoms with Gasteiger partial charge in [-0.05, 0) is 18.2 Å². The molecule has 9 N–H and O–H groups in total. The van der Waals surface area contributed by atoms with E-state index in [0.29, 0.717) is 0 Å². The van der Waals surface area contributed by atoms with Crippen LogP contribution in [0, 0.1) is 0 Å². The molecule has 3 aromatic rings. The quantitative estimate of drug-likeness (QED) is 0.0688. The number of ether oxygens (including phenoxy) is 6. The summed E-state index contributed by atoms with van der Waals surface area (Å²) in [5.74, 6) is -5.26. The Kier molecular flexibility index (Phi) is 10.7. The number of hydrogen-bond acceptors (Lipinski definition) is 19. The number of fused-ring (bicyclic) bond motifs is 1. The standard InChI is InChI=1S/C31H34O19/c1-10(33)44-9-20-22(39)25(42)26(43)30(49-20)50-29-28(45-11(2)34)24(41)19(8-32)48-31(29)47-18-7-16(38)21-15(37)6-17(46-27(21)23(18)40)12-3-4-13(35)14(36)5-12/h3-7,19-20,22,24-26,28-32,35-36,38-43H,8-9H2,1-2H3/t19-,20-,22-,24-,25+,26+,28+,29-,30+,31-/m1/s1. The second kappa shape index (κ2) is 14.6. The molecule has 3 heterocycles. The van der Waals surface area contributed by atoms with E-state index in [4.69, 9.17) is 32.8 Å². The molecule has 1 aromatic heterocycles. The molecule has 10 atom stereocenters. The Bertz CT molecular complexity index is 1790. The van der Waals surface area contributed by atoms with E-state index in [1.807, 2.05) is 0 Å². The molecule has 2 fully saturated rings. The maximum atomic E-state index is 13.0. The lowest BCUT2D eigenvalue weighted by molar-refractivity contribution is -0.358. The Hall–Kier alpha value is -4.73. The number of phenolic OH excluding ortho intramolecular Hbond substituents is 4. The van der Waals surface area contributed by atoms with Gasteiger partial charge in [0.05, 0.1) is 6.61 Å². The highest BCUT2D eigenvalue weighted by atomic mass is 16.8. The number of aliphatic hydroxyl groups is 5. The Balaban J connectivity index is 1.55. The summed E-state index contributed by atoms with van der Waals surface area (Å²) in [7, 11) is 0. The van der Waals surface area contributed by atoms with Crippen LogP contribution in [0.4, 0.5) is 0 Å². The molecule has 19 nitrogen and oxygen atoms in total. The van der Waals surface area contributed by atoms with Crippen LogP contribution in [0.3, 0.4) is 0 Å². The van der Waals surface area contributed by atoms with Crippen molar-refractivity contribution in [3.05, 3.63) is 40.6 Å². The summed E-state index contributed by atoms with van der Waals surface area (Å²) >= 11 is 0. The predicted molar refractivity (Wildman–Crippen MR) is 161 cm³/mol. The van der Waals surface area contributed by atoms with E-state index in [1.54, 1.807) is 0 Å². The molecule has 0 radical (unpaired) electrons. The van der Waals surface area contributed by atoms with Gasteiger partial charge in [-0.25, -0.2) is 0 Å². The van der Waals surface area contributed by atoms with Gasteiger partial charge in [0.2, 0.25) is 12.0 Å². The number of benzene rings is 2. The Morgan fingerprint density at radius 1 is 0.780 bits per heavy atom. The van der Waals surface area contributed by atoms with Gasteiger partial charge < -0.3 is 78.8 Å². The highest BCUT2D eigenvalue weighted by molar-refractivity contribution is 5.91. The summed E-state index contributed by atoms with van der Waals surface area (Å²) in [6.07, 6.45) is -18.0. The molecular weight excluding hydrogens is 676 g/mol. The van der Waals surface area contributed by atoms with Gasteiger partial charge in [-0.2, -0.15) is 0 Å². The lowest BCUT2D eigenvalue weighted by Crippen LogP contribution is -2.65. The fourth-order valence-electron chi connectivity index (χ4n) is 5.44. The molecule has 50 heavy (non-hydrogen) atoms. The zero-order valence-electron chi connectivity index (χ0n) is 26.2. The normalized spacial score (nSPS) is 29.7. The van der Waals surface area contributed by atoms with Gasteiger partial charge in [-0.1, -0.05) is 0 Å². The average Bonchev–Trinajstić information content (AvgIpc) is 3.06. The third-order valence-electron chi connectivity index (χ3n) is 7.93. The Morgan fingerprint density at radius 2 is 1.48 bits per heavy atom. The molecule has 2 saturated heterocycles. The summed E-state index contributed by atoms with van der Waals surface area (Å²) in [6.45, 7) is 0.578. The van der Waals surface area contributed by atoms with Gasteiger partial charge in [0, 0.05) is 31.5 Å². The highest BCUT2D eigenvalue weighted by Crippen LogP contribution is 2.43. The first kappa shape index (κ1) is 36.5. The van der Waals surface area contributed by atoms with Crippen LogP contribution in [-0.4, -0.2) is 133 Å². The molecule has 0 spiro atoms. The number of carbonyl (C=O) groups excluding carboxylic acids is 2. The third-order valence-corrected chi connectivity index (χ3v) is 7.93. The first-order valence-corrected chi connectivity index (χ1v) is 14.9. The summed E-state index contributed by atoms with van der Waals surface area (Å²) in [4.78, 5) is 36.4. The first-order valence-electron chi connectivity index (χ1n) is 14.9. The van der Waals surface area contributed by atoms with Gasteiger partial charge in [0.15, 0.2) is 46.8 Å². The van der Waals surface area contributed by atoms with Gasteiger partial charge in [-0.15, -0.1) is 0 Å². The van der Waals surface area contributed by atoms with Crippen molar-refractivity contribution in [2.45, 2.75) is 75.3 Å². The van der Waals surface area contributed by atoms with Crippen LogP contribution in [0.25, 0.3) is 22.3 Å². The average molecular weight is 711 g/mol. The minimum atomic E-state index is -2.00. The van der Waals surface area contributed by atoms with Gasteiger partial charge >= 0.3 is 11.9 Å². The monoisotopic (exact) mass is 710 g/mol. The maximum Gasteiger partial charge on any atom is 0.303 e. The van der Waals surface area contributed by atoms with Crippen LogP contribution in [-0.2, 0) is 33.3 Å². The molecular formula is C31H34O19. The molecule has 2 aromatic carbocycles. The van der Waals surface area contributed by atoms with Crippen molar-refractivity contribution in [2.75, 3.05) is 13.2 Å².